The fraction of sp³-hybridized carbons (Fsp3) is 0.231. The molecule has 0 radical (unpaired) electrons. The lowest BCUT2D eigenvalue weighted by Crippen LogP contribution is -2.31. The smallest absolute Gasteiger partial charge is 0.154 e. The van der Waals surface area contributed by atoms with Gasteiger partial charge in [-0.2, -0.15) is 0 Å². The summed E-state index contributed by atoms with van der Waals surface area (Å²) in [7, 11) is 0. The molecule has 3 heteroatoms. The van der Waals surface area contributed by atoms with Crippen LogP contribution in [-0.2, 0) is 11.0 Å². The molecule has 0 bridgehead atoms. The number of aromatic nitrogens is 2. The third-order valence-electron chi connectivity index (χ3n) is 6.56. The van der Waals surface area contributed by atoms with Crippen LogP contribution >= 0.6 is 0 Å². The fourth-order valence-corrected chi connectivity index (χ4v) is 5.18. The van der Waals surface area contributed by atoms with Crippen LogP contribution in [0.25, 0.3) is 33.3 Å². The van der Waals surface area contributed by atoms with Crippen molar-refractivity contribution >= 4 is 10.8 Å². The zero-order valence-corrected chi connectivity index (χ0v) is 17.1. The van der Waals surface area contributed by atoms with Crippen LogP contribution in [0.4, 0.5) is 0 Å². The molecule has 0 N–H and O–H groups in total. The summed E-state index contributed by atoms with van der Waals surface area (Å²) >= 11 is 0. The molecule has 29 heavy (non-hydrogen) atoms. The van der Waals surface area contributed by atoms with E-state index < -0.39 is 5.60 Å². The minimum Gasteiger partial charge on any atom is -0.480 e. The van der Waals surface area contributed by atoms with E-state index >= 15 is 0 Å². The molecule has 142 valence electrons. The van der Waals surface area contributed by atoms with Crippen LogP contribution < -0.4 is 4.74 Å². The Balaban J connectivity index is 1.78. The fourth-order valence-electron chi connectivity index (χ4n) is 5.18. The zero-order valence-electron chi connectivity index (χ0n) is 17.1. The van der Waals surface area contributed by atoms with Gasteiger partial charge in [0.15, 0.2) is 5.75 Å². The van der Waals surface area contributed by atoms with Crippen molar-refractivity contribution in [3.8, 4) is 28.3 Å². The number of hydrogen-bond donors (Lipinski definition) is 0. The lowest BCUT2D eigenvalue weighted by atomic mass is 9.75. The second kappa shape index (κ2) is 5.24. The number of ether oxygens (including phenoxy) is 1. The maximum Gasteiger partial charge on any atom is 0.154 e. The van der Waals surface area contributed by atoms with Crippen LogP contribution in [0, 0.1) is 0 Å². The summed E-state index contributed by atoms with van der Waals surface area (Å²) in [6.45, 7) is 8.89. The number of fused-ring (bicyclic) bond motifs is 9. The number of benzene rings is 2. The summed E-state index contributed by atoms with van der Waals surface area (Å²) in [4.78, 5) is 9.65. The molecule has 1 aliphatic carbocycles. The average molecular weight is 378 g/mol. The SMILES string of the molecule is CC1(C)Oc2c(ncc3ccccc23)-c2c1ccc1c2C(C)(C)c2cccnc2-1. The van der Waals surface area contributed by atoms with Gasteiger partial charge in [-0.3, -0.25) is 9.97 Å². The molecule has 0 saturated heterocycles. The lowest BCUT2D eigenvalue weighted by Gasteiger charge is -2.37. The van der Waals surface area contributed by atoms with Crippen molar-refractivity contribution in [2.75, 3.05) is 0 Å². The van der Waals surface area contributed by atoms with Crippen LogP contribution in [0.3, 0.4) is 0 Å². The van der Waals surface area contributed by atoms with Gasteiger partial charge in [-0.25, -0.2) is 0 Å². The van der Waals surface area contributed by atoms with E-state index in [1.807, 2.05) is 24.5 Å². The predicted molar refractivity (Wildman–Crippen MR) is 116 cm³/mol. The van der Waals surface area contributed by atoms with Gasteiger partial charge in [0.25, 0.3) is 0 Å². The summed E-state index contributed by atoms with van der Waals surface area (Å²) in [5.41, 5.74) is 7.62. The van der Waals surface area contributed by atoms with Crippen molar-refractivity contribution in [1.82, 2.24) is 9.97 Å². The number of pyridine rings is 2. The van der Waals surface area contributed by atoms with Gasteiger partial charge in [0.2, 0.25) is 0 Å². The number of nitrogens with zero attached hydrogens (tertiary/aromatic N) is 2. The molecular formula is C26H22N2O. The minimum atomic E-state index is -0.443. The van der Waals surface area contributed by atoms with Crippen LogP contribution in [-0.4, -0.2) is 9.97 Å². The molecular weight excluding hydrogens is 356 g/mol. The molecule has 2 aliphatic rings. The normalized spacial score (nSPS) is 17.1. The van der Waals surface area contributed by atoms with Crippen molar-refractivity contribution < 1.29 is 4.74 Å². The van der Waals surface area contributed by atoms with Gasteiger partial charge < -0.3 is 4.74 Å². The van der Waals surface area contributed by atoms with E-state index in [0.717, 1.165) is 27.9 Å². The summed E-state index contributed by atoms with van der Waals surface area (Å²) in [6.07, 6.45) is 3.85. The summed E-state index contributed by atoms with van der Waals surface area (Å²) in [5.74, 6) is 0.883. The summed E-state index contributed by atoms with van der Waals surface area (Å²) < 4.78 is 6.59. The zero-order chi connectivity index (χ0) is 20.0. The second-order valence-electron chi connectivity index (χ2n) is 9.07. The second-order valence-corrected chi connectivity index (χ2v) is 9.07. The maximum atomic E-state index is 6.59. The highest BCUT2D eigenvalue weighted by Crippen LogP contribution is 2.57. The van der Waals surface area contributed by atoms with Crippen molar-refractivity contribution in [3.05, 3.63) is 77.6 Å². The topological polar surface area (TPSA) is 35.0 Å². The van der Waals surface area contributed by atoms with E-state index in [1.54, 1.807) is 0 Å². The van der Waals surface area contributed by atoms with Crippen LogP contribution in [0.5, 0.6) is 5.75 Å². The molecule has 0 spiro atoms. The first-order chi connectivity index (χ1) is 13.9. The van der Waals surface area contributed by atoms with E-state index in [0.29, 0.717) is 0 Å². The molecule has 0 unspecified atom stereocenters. The third kappa shape index (κ3) is 2.02. The number of hydrogen-bond acceptors (Lipinski definition) is 3. The molecule has 6 rings (SSSR count). The first-order valence-electron chi connectivity index (χ1n) is 10.1. The first-order valence-corrected chi connectivity index (χ1v) is 10.1. The van der Waals surface area contributed by atoms with Gasteiger partial charge in [-0.05, 0) is 31.0 Å². The molecule has 1 aliphatic heterocycles. The molecule has 0 atom stereocenters. The van der Waals surface area contributed by atoms with Gasteiger partial charge in [-0.15, -0.1) is 0 Å². The molecule has 2 aromatic heterocycles. The highest BCUT2D eigenvalue weighted by Gasteiger charge is 2.44. The van der Waals surface area contributed by atoms with Gasteiger partial charge in [0.1, 0.15) is 11.3 Å². The van der Waals surface area contributed by atoms with Gasteiger partial charge in [-0.1, -0.05) is 56.3 Å². The third-order valence-corrected chi connectivity index (χ3v) is 6.56. The Labute approximate surface area is 170 Å². The molecule has 4 aromatic rings. The van der Waals surface area contributed by atoms with Crippen molar-refractivity contribution in [2.24, 2.45) is 0 Å². The maximum absolute atomic E-state index is 6.59. The summed E-state index contributed by atoms with van der Waals surface area (Å²) in [5, 5.41) is 2.21. The van der Waals surface area contributed by atoms with Crippen LogP contribution in [0.15, 0.2) is 60.9 Å². The van der Waals surface area contributed by atoms with E-state index in [4.69, 9.17) is 14.7 Å². The molecule has 3 heterocycles. The quantitative estimate of drug-likeness (QED) is 0.364. The van der Waals surface area contributed by atoms with Gasteiger partial charge in [0, 0.05) is 45.3 Å². The largest absolute Gasteiger partial charge is 0.480 e. The highest BCUT2D eigenvalue weighted by atomic mass is 16.5. The van der Waals surface area contributed by atoms with Gasteiger partial charge in [0.05, 0.1) is 5.69 Å². The summed E-state index contributed by atoms with van der Waals surface area (Å²) in [6, 6.07) is 17.0. The Bertz CT molecular complexity index is 1330. The van der Waals surface area contributed by atoms with Crippen LogP contribution in [0.1, 0.15) is 44.4 Å². The van der Waals surface area contributed by atoms with Crippen LogP contribution in [0.2, 0.25) is 0 Å². The Morgan fingerprint density at radius 3 is 2.48 bits per heavy atom. The standard InChI is InChI=1S/C26H22N2O/c1-25(2)19-10-7-13-27-22(19)17-11-12-18-20(21(17)25)23-24(29-26(18,3)4)16-9-6-5-8-15(16)14-28-23/h5-14H,1-4H3. The monoisotopic (exact) mass is 378 g/mol. The Morgan fingerprint density at radius 1 is 0.793 bits per heavy atom. The van der Waals surface area contributed by atoms with E-state index in [9.17, 15) is 0 Å². The van der Waals surface area contributed by atoms with Gasteiger partial charge >= 0.3 is 0 Å². The molecule has 0 saturated carbocycles. The van der Waals surface area contributed by atoms with Crippen molar-refractivity contribution in [3.63, 3.8) is 0 Å². The molecule has 0 amide bonds. The molecule has 2 aromatic carbocycles. The average Bonchev–Trinajstić information content (AvgIpc) is 2.95. The lowest BCUT2D eigenvalue weighted by molar-refractivity contribution is 0.107. The van der Waals surface area contributed by atoms with E-state index in [2.05, 4.69) is 64.1 Å². The first kappa shape index (κ1) is 16.7. The Morgan fingerprint density at radius 2 is 1.62 bits per heavy atom. The Hall–Kier alpha value is -3.20. The molecule has 3 nitrogen and oxygen atoms in total. The van der Waals surface area contributed by atoms with E-state index in [-0.39, 0.29) is 5.41 Å². The Kier molecular flexibility index (Phi) is 3.02. The molecule has 0 fully saturated rings. The number of rotatable bonds is 0. The van der Waals surface area contributed by atoms with E-state index in [1.165, 1.54) is 27.8 Å². The minimum absolute atomic E-state index is 0.151. The predicted octanol–water partition coefficient (Wildman–Crippen LogP) is 6.23. The van der Waals surface area contributed by atoms with Crippen molar-refractivity contribution in [2.45, 2.75) is 38.7 Å². The van der Waals surface area contributed by atoms with Crippen molar-refractivity contribution in [1.29, 1.82) is 0 Å². The highest BCUT2D eigenvalue weighted by molar-refractivity contribution is 5.97.